The minimum atomic E-state index is 0.452. The molecule has 0 aromatic heterocycles. The van der Waals surface area contributed by atoms with Crippen molar-refractivity contribution in [1.82, 2.24) is 0 Å². The van der Waals surface area contributed by atoms with Crippen LogP contribution in [0.4, 0.5) is 0 Å². The number of hydrogen-bond donors (Lipinski definition) is 0. The van der Waals surface area contributed by atoms with Crippen LogP contribution in [-0.4, -0.2) is 7.11 Å². The molecule has 0 aliphatic carbocycles. The molecule has 0 spiro atoms. The second kappa shape index (κ2) is 8.73. The fourth-order valence-electron chi connectivity index (χ4n) is 2.71. The molecule has 3 aromatic rings. The summed E-state index contributed by atoms with van der Waals surface area (Å²) in [6, 6.07) is 25.8. The average Bonchev–Trinajstić information content (AvgIpc) is 2.72. The minimum absolute atomic E-state index is 0.452. The third-order valence-corrected chi connectivity index (χ3v) is 4.22. The van der Waals surface area contributed by atoms with Crippen molar-refractivity contribution in [1.29, 1.82) is 5.26 Å². The second-order valence-corrected chi connectivity index (χ2v) is 6.22. The summed E-state index contributed by atoms with van der Waals surface area (Å²) in [6.07, 6.45) is 1.86. The van der Waals surface area contributed by atoms with Gasteiger partial charge in [-0.1, -0.05) is 66.2 Å². The van der Waals surface area contributed by atoms with E-state index in [4.69, 9.17) is 9.47 Å². The number of ether oxygens (including phenoxy) is 2. The van der Waals surface area contributed by atoms with Gasteiger partial charge in [-0.3, -0.25) is 0 Å². The van der Waals surface area contributed by atoms with E-state index >= 15 is 0 Å². The Morgan fingerprint density at radius 2 is 1.70 bits per heavy atom. The standard InChI is InChI=1S/C24H21NO2/c1-18-8-11-21(12-9-18)22(16-25)14-20-10-13-23(26-2)24(15-20)27-17-19-6-4-3-5-7-19/h3-15H,17H2,1-2H3/b22-14-. The molecule has 0 aliphatic rings. The first kappa shape index (κ1) is 18.3. The predicted molar refractivity (Wildman–Crippen MR) is 108 cm³/mol. The normalized spacial score (nSPS) is 10.9. The Kier molecular flexibility index (Phi) is 5.91. The Labute approximate surface area is 160 Å². The molecule has 0 radical (unpaired) electrons. The summed E-state index contributed by atoms with van der Waals surface area (Å²) in [4.78, 5) is 0. The van der Waals surface area contributed by atoms with Crippen molar-refractivity contribution in [2.75, 3.05) is 7.11 Å². The number of nitriles is 1. The maximum absolute atomic E-state index is 9.56. The first-order valence-electron chi connectivity index (χ1n) is 8.73. The van der Waals surface area contributed by atoms with E-state index < -0.39 is 0 Å². The van der Waals surface area contributed by atoms with Gasteiger partial charge in [0.15, 0.2) is 11.5 Å². The van der Waals surface area contributed by atoms with Gasteiger partial charge in [-0.25, -0.2) is 0 Å². The Bertz CT molecular complexity index is 968. The summed E-state index contributed by atoms with van der Waals surface area (Å²) >= 11 is 0. The fraction of sp³-hybridized carbons (Fsp3) is 0.125. The van der Waals surface area contributed by atoms with Crippen molar-refractivity contribution in [2.24, 2.45) is 0 Å². The maximum atomic E-state index is 9.56. The van der Waals surface area contributed by atoms with Crippen LogP contribution in [0.1, 0.15) is 22.3 Å². The Morgan fingerprint density at radius 1 is 0.963 bits per heavy atom. The number of allylic oxidation sites excluding steroid dienone is 1. The zero-order valence-corrected chi connectivity index (χ0v) is 15.5. The van der Waals surface area contributed by atoms with Gasteiger partial charge in [0.05, 0.1) is 18.8 Å². The van der Waals surface area contributed by atoms with Crippen molar-refractivity contribution >= 4 is 11.6 Å². The molecule has 0 fully saturated rings. The summed E-state index contributed by atoms with van der Waals surface area (Å²) in [6.45, 7) is 2.48. The van der Waals surface area contributed by atoms with Gasteiger partial charge < -0.3 is 9.47 Å². The highest BCUT2D eigenvalue weighted by atomic mass is 16.5. The van der Waals surface area contributed by atoms with Gasteiger partial charge in [0.1, 0.15) is 6.61 Å². The van der Waals surface area contributed by atoms with Crippen LogP contribution in [-0.2, 0) is 6.61 Å². The molecule has 0 heterocycles. The molecular formula is C24H21NO2. The van der Waals surface area contributed by atoms with Gasteiger partial charge in [-0.15, -0.1) is 0 Å². The number of nitrogens with zero attached hydrogens (tertiary/aromatic N) is 1. The van der Waals surface area contributed by atoms with E-state index in [1.807, 2.05) is 85.8 Å². The monoisotopic (exact) mass is 355 g/mol. The molecule has 27 heavy (non-hydrogen) atoms. The van der Waals surface area contributed by atoms with Gasteiger partial charge in [0, 0.05) is 0 Å². The lowest BCUT2D eigenvalue weighted by molar-refractivity contribution is 0.284. The van der Waals surface area contributed by atoms with E-state index in [1.54, 1.807) is 7.11 Å². The zero-order chi connectivity index (χ0) is 19.1. The molecular weight excluding hydrogens is 334 g/mol. The van der Waals surface area contributed by atoms with Crippen molar-refractivity contribution in [3.63, 3.8) is 0 Å². The van der Waals surface area contributed by atoms with E-state index in [2.05, 4.69) is 6.07 Å². The van der Waals surface area contributed by atoms with Crippen molar-refractivity contribution in [2.45, 2.75) is 13.5 Å². The number of methoxy groups -OCH3 is 1. The van der Waals surface area contributed by atoms with Crippen LogP contribution in [0.15, 0.2) is 72.8 Å². The summed E-state index contributed by atoms with van der Waals surface area (Å²) in [7, 11) is 1.62. The average molecular weight is 355 g/mol. The lowest BCUT2D eigenvalue weighted by atomic mass is 10.0. The van der Waals surface area contributed by atoms with Crippen LogP contribution in [0.2, 0.25) is 0 Å². The molecule has 3 heteroatoms. The Balaban J connectivity index is 1.87. The number of benzene rings is 3. The maximum Gasteiger partial charge on any atom is 0.162 e. The van der Waals surface area contributed by atoms with E-state index in [0.717, 1.165) is 22.3 Å². The van der Waals surface area contributed by atoms with Crippen molar-refractivity contribution < 1.29 is 9.47 Å². The number of aryl methyl sites for hydroxylation is 1. The van der Waals surface area contributed by atoms with E-state index in [1.165, 1.54) is 0 Å². The third-order valence-electron chi connectivity index (χ3n) is 4.22. The number of rotatable bonds is 6. The molecule has 134 valence electrons. The predicted octanol–water partition coefficient (Wildman–Crippen LogP) is 5.65. The SMILES string of the molecule is COc1ccc(/C=C(/C#N)c2ccc(C)cc2)cc1OCc1ccccc1. The van der Waals surface area contributed by atoms with Gasteiger partial charge in [-0.2, -0.15) is 5.26 Å². The molecule has 0 atom stereocenters. The zero-order valence-electron chi connectivity index (χ0n) is 15.5. The van der Waals surface area contributed by atoms with Crippen molar-refractivity contribution in [3.8, 4) is 17.6 Å². The summed E-state index contributed by atoms with van der Waals surface area (Å²) in [5.74, 6) is 1.31. The highest BCUT2D eigenvalue weighted by molar-refractivity contribution is 5.89. The van der Waals surface area contributed by atoms with E-state index in [-0.39, 0.29) is 0 Å². The molecule has 3 aromatic carbocycles. The smallest absolute Gasteiger partial charge is 0.162 e. The molecule has 0 saturated heterocycles. The number of hydrogen-bond acceptors (Lipinski definition) is 3. The quantitative estimate of drug-likeness (QED) is 0.424. The van der Waals surface area contributed by atoms with Crippen LogP contribution < -0.4 is 9.47 Å². The molecule has 0 amide bonds. The lowest BCUT2D eigenvalue weighted by Gasteiger charge is -2.12. The molecule has 0 N–H and O–H groups in total. The molecule has 0 aliphatic heterocycles. The van der Waals surface area contributed by atoms with Crippen LogP contribution in [0.3, 0.4) is 0 Å². The van der Waals surface area contributed by atoms with Crippen LogP contribution in [0.5, 0.6) is 11.5 Å². The Morgan fingerprint density at radius 3 is 2.37 bits per heavy atom. The first-order valence-corrected chi connectivity index (χ1v) is 8.73. The highest BCUT2D eigenvalue weighted by Crippen LogP contribution is 2.30. The van der Waals surface area contributed by atoms with Crippen molar-refractivity contribution in [3.05, 3.63) is 95.1 Å². The molecule has 3 nitrogen and oxygen atoms in total. The van der Waals surface area contributed by atoms with Crippen LogP contribution in [0, 0.1) is 18.3 Å². The molecule has 3 rings (SSSR count). The van der Waals surface area contributed by atoms with E-state index in [0.29, 0.717) is 23.7 Å². The van der Waals surface area contributed by atoms with Gasteiger partial charge >= 0.3 is 0 Å². The fourth-order valence-corrected chi connectivity index (χ4v) is 2.71. The van der Waals surface area contributed by atoms with Crippen LogP contribution in [0.25, 0.3) is 11.6 Å². The minimum Gasteiger partial charge on any atom is -0.493 e. The second-order valence-electron chi connectivity index (χ2n) is 6.22. The van der Waals surface area contributed by atoms with Gasteiger partial charge in [0.25, 0.3) is 0 Å². The highest BCUT2D eigenvalue weighted by Gasteiger charge is 2.07. The summed E-state index contributed by atoms with van der Waals surface area (Å²) in [5.41, 5.74) is 4.63. The van der Waals surface area contributed by atoms with Gasteiger partial charge in [0.2, 0.25) is 0 Å². The molecule has 0 saturated carbocycles. The largest absolute Gasteiger partial charge is 0.493 e. The summed E-state index contributed by atoms with van der Waals surface area (Å²) < 4.78 is 11.4. The van der Waals surface area contributed by atoms with Gasteiger partial charge in [-0.05, 0) is 41.8 Å². The van der Waals surface area contributed by atoms with E-state index in [9.17, 15) is 5.26 Å². The summed E-state index contributed by atoms with van der Waals surface area (Å²) in [5, 5.41) is 9.56. The molecule has 0 unspecified atom stereocenters. The third kappa shape index (κ3) is 4.77. The lowest BCUT2D eigenvalue weighted by Crippen LogP contribution is -1.98. The van der Waals surface area contributed by atoms with Crippen LogP contribution >= 0.6 is 0 Å². The Hall–Kier alpha value is -3.51. The topological polar surface area (TPSA) is 42.2 Å². The molecule has 0 bridgehead atoms. The first-order chi connectivity index (χ1) is 13.2.